The third-order valence-electron chi connectivity index (χ3n) is 3.38. The van der Waals surface area contributed by atoms with Crippen LogP contribution in [0.1, 0.15) is 51.9 Å². The smallest absolute Gasteiger partial charge is 0.223 e. The third kappa shape index (κ3) is 5.48. The molecule has 1 aliphatic rings. The lowest BCUT2D eigenvalue weighted by atomic mass is 9.86. The van der Waals surface area contributed by atoms with Gasteiger partial charge in [0.15, 0.2) is 0 Å². The molecule has 4 heteroatoms. The van der Waals surface area contributed by atoms with E-state index in [0.717, 1.165) is 13.0 Å². The second kappa shape index (κ2) is 7.64. The molecule has 0 saturated heterocycles. The van der Waals surface area contributed by atoms with Crippen LogP contribution in [-0.2, 0) is 4.79 Å². The highest BCUT2D eigenvalue weighted by Gasteiger charge is 2.20. The van der Waals surface area contributed by atoms with Gasteiger partial charge in [0.05, 0.1) is 11.5 Å². The Balaban J connectivity index is 2.42. The molecule has 1 aliphatic carbocycles. The van der Waals surface area contributed by atoms with E-state index < -0.39 is 0 Å². The topological polar surface area (TPSA) is 46.3 Å². The number of amides is 1. The summed E-state index contributed by atoms with van der Waals surface area (Å²) in [6.45, 7) is 3.28. The second-order valence-corrected chi connectivity index (χ2v) is 5.51. The minimum atomic E-state index is 0.228. The molecular formula is C13H24N2OS. The number of hydrogen-bond acceptors (Lipinski definition) is 2. The first-order chi connectivity index (χ1) is 8.13. The van der Waals surface area contributed by atoms with Gasteiger partial charge in [0.2, 0.25) is 5.91 Å². The van der Waals surface area contributed by atoms with Gasteiger partial charge in [-0.1, -0.05) is 38.4 Å². The van der Waals surface area contributed by atoms with Crippen molar-refractivity contribution in [3.63, 3.8) is 0 Å². The molecule has 0 atom stereocenters. The van der Waals surface area contributed by atoms with Crippen molar-refractivity contribution >= 4 is 23.1 Å². The zero-order chi connectivity index (χ0) is 12.7. The summed E-state index contributed by atoms with van der Waals surface area (Å²) in [7, 11) is 0. The van der Waals surface area contributed by atoms with Crippen molar-refractivity contribution in [3.05, 3.63) is 0 Å². The van der Waals surface area contributed by atoms with Crippen LogP contribution < -0.4 is 5.73 Å². The maximum Gasteiger partial charge on any atom is 0.223 e. The first kappa shape index (κ1) is 14.4. The second-order valence-electron chi connectivity index (χ2n) is 4.99. The van der Waals surface area contributed by atoms with Crippen molar-refractivity contribution in [1.29, 1.82) is 0 Å². The Morgan fingerprint density at radius 3 is 2.53 bits per heavy atom. The van der Waals surface area contributed by atoms with E-state index in [9.17, 15) is 4.79 Å². The molecule has 0 heterocycles. The Kier molecular flexibility index (Phi) is 6.48. The van der Waals surface area contributed by atoms with Gasteiger partial charge in [0, 0.05) is 13.0 Å². The average molecular weight is 256 g/mol. The molecule has 3 nitrogen and oxygen atoms in total. The number of thiocarbonyl (C=S) groups is 1. The van der Waals surface area contributed by atoms with Gasteiger partial charge in [-0.25, -0.2) is 0 Å². The molecule has 0 spiro atoms. The normalized spacial score (nSPS) is 16.8. The summed E-state index contributed by atoms with van der Waals surface area (Å²) in [4.78, 5) is 14.4. The summed E-state index contributed by atoms with van der Waals surface area (Å²) in [5.74, 6) is 0.813. The fourth-order valence-corrected chi connectivity index (χ4v) is 2.67. The van der Waals surface area contributed by atoms with Crippen LogP contribution in [0.25, 0.3) is 0 Å². The maximum absolute atomic E-state index is 12.1. The van der Waals surface area contributed by atoms with E-state index in [1.165, 1.54) is 32.1 Å². The predicted octanol–water partition coefficient (Wildman–Crippen LogP) is 2.48. The van der Waals surface area contributed by atoms with Crippen molar-refractivity contribution in [2.75, 3.05) is 13.1 Å². The molecule has 0 aromatic rings. The lowest BCUT2D eigenvalue weighted by molar-refractivity contribution is -0.131. The summed E-state index contributed by atoms with van der Waals surface area (Å²) in [5, 5.41) is 0. The lowest BCUT2D eigenvalue weighted by Gasteiger charge is -2.26. The Labute approximate surface area is 110 Å². The van der Waals surface area contributed by atoms with E-state index in [0.29, 0.717) is 23.9 Å². The SMILES string of the molecule is CCCN(CC(N)=S)C(=O)CC1CCCCC1. The number of rotatable bonds is 6. The van der Waals surface area contributed by atoms with Gasteiger partial charge >= 0.3 is 0 Å². The molecule has 0 aliphatic heterocycles. The van der Waals surface area contributed by atoms with Crippen LogP contribution in [-0.4, -0.2) is 28.9 Å². The highest BCUT2D eigenvalue weighted by Crippen LogP contribution is 2.26. The first-order valence-electron chi connectivity index (χ1n) is 6.69. The van der Waals surface area contributed by atoms with Gasteiger partial charge in [-0.3, -0.25) is 4.79 Å². The van der Waals surface area contributed by atoms with Gasteiger partial charge < -0.3 is 10.6 Å². The third-order valence-corrected chi connectivity index (χ3v) is 3.51. The van der Waals surface area contributed by atoms with Crippen LogP contribution in [0.4, 0.5) is 0 Å². The Morgan fingerprint density at radius 1 is 1.35 bits per heavy atom. The van der Waals surface area contributed by atoms with Crippen LogP contribution >= 0.6 is 12.2 Å². The Bertz CT molecular complexity index is 262. The van der Waals surface area contributed by atoms with E-state index in [4.69, 9.17) is 18.0 Å². The number of carbonyl (C=O) groups excluding carboxylic acids is 1. The number of carbonyl (C=O) groups is 1. The zero-order valence-corrected chi connectivity index (χ0v) is 11.6. The number of nitrogens with zero attached hydrogens (tertiary/aromatic N) is 1. The molecule has 0 aromatic heterocycles. The van der Waals surface area contributed by atoms with Crippen LogP contribution in [0.5, 0.6) is 0 Å². The van der Waals surface area contributed by atoms with Crippen molar-refractivity contribution in [2.24, 2.45) is 11.7 Å². The lowest BCUT2D eigenvalue weighted by Crippen LogP contribution is -2.39. The molecule has 1 saturated carbocycles. The molecule has 0 aromatic carbocycles. The van der Waals surface area contributed by atoms with Gasteiger partial charge in [0.1, 0.15) is 0 Å². The standard InChI is InChI=1S/C13H24N2OS/c1-2-8-15(10-12(14)17)13(16)9-11-6-4-3-5-7-11/h11H,2-10H2,1H3,(H2,14,17). The molecule has 98 valence electrons. The molecule has 1 fully saturated rings. The summed E-state index contributed by atoms with van der Waals surface area (Å²) >= 11 is 4.89. The summed E-state index contributed by atoms with van der Waals surface area (Å²) in [6, 6.07) is 0. The minimum Gasteiger partial charge on any atom is -0.392 e. The molecule has 0 unspecified atom stereocenters. The van der Waals surface area contributed by atoms with Gasteiger partial charge in [-0.05, 0) is 25.2 Å². The summed E-state index contributed by atoms with van der Waals surface area (Å²) < 4.78 is 0. The van der Waals surface area contributed by atoms with E-state index in [2.05, 4.69) is 6.92 Å². The van der Waals surface area contributed by atoms with Crippen molar-refractivity contribution in [1.82, 2.24) is 4.90 Å². The fraction of sp³-hybridized carbons (Fsp3) is 0.846. The van der Waals surface area contributed by atoms with Crippen molar-refractivity contribution < 1.29 is 4.79 Å². The monoisotopic (exact) mass is 256 g/mol. The molecule has 0 radical (unpaired) electrons. The highest BCUT2D eigenvalue weighted by atomic mass is 32.1. The van der Waals surface area contributed by atoms with Crippen LogP contribution in [0, 0.1) is 5.92 Å². The van der Waals surface area contributed by atoms with E-state index in [1.807, 2.05) is 4.90 Å². The maximum atomic E-state index is 12.1. The molecule has 17 heavy (non-hydrogen) atoms. The van der Waals surface area contributed by atoms with Crippen LogP contribution in [0.3, 0.4) is 0 Å². The van der Waals surface area contributed by atoms with Gasteiger partial charge in [0.25, 0.3) is 0 Å². The largest absolute Gasteiger partial charge is 0.392 e. The zero-order valence-electron chi connectivity index (χ0n) is 10.8. The summed E-state index contributed by atoms with van der Waals surface area (Å²) in [6.07, 6.45) is 7.94. The highest BCUT2D eigenvalue weighted by molar-refractivity contribution is 7.80. The Hall–Kier alpha value is -0.640. The average Bonchev–Trinajstić information content (AvgIpc) is 2.29. The minimum absolute atomic E-state index is 0.228. The summed E-state index contributed by atoms with van der Waals surface area (Å²) in [5.41, 5.74) is 5.53. The van der Waals surface area contributed by atoms with Gasteiger partial charge in [-0.2, -0.15) is 0 Å². The predicted molar refractivity (Wildman–Crippen MR) is 74.8 cm³/mol. The number of nitrogens with two attached hydrogens (primary N) is 1. The molecule has 1 rings (SSSR count). The van der Waals surface area contributed by atoms with Crippen LogP contribution in [0.2, 0.25) is 0 Å². The fourth-order valence-electron chi connectivity index (χ4n) is 2.52. The Morgan fingerprint density at radius 2 is 2.00 bits per heavy atom. The van der Waals surface area contributed by atoms with E-state index in [-0.39, 0.29) is 5.91 Å². The quantitative estimate of drug-likeness (QED) is 0.743. The van der Waals surface area contributed by atoms with Crippen LogP contribution in [0.15, 0.2) is 0 Å². The van der Waals surface area contributed by atoms with Gasteiger partial charge in [-0.15, -0.1) is 0 Å². The number of hydrogen-bond donors (Lipinski definition) is 1. The molecule has 1 amide bonds. The van der Waals surface area contributed by atoms with E-state index >= 15 is 0 Å². The van der Waals surface area contributed by atoms with Crippen molar-refractivity contribution in [2.45, 2.75) is 51.9 Å². The molecule has 2 N–H and O–H groups in total. The molecular weight excluding hydrogens is 232 g/mol. The molecule has 0 bridgehead atoms. The first-order valence-corrected chi connectivity index (χ1v) is 7.10. The van der Waals surface area contributed by atoms with E-state index in [1.54, 1.807) is 0 Å². The van der Waals surface area contributed by atoms with Crippen molar-refractivity contribution in [3.8, 4) is 0 Å².